The summed E-state index contributed by atoms with van der Waals surface area (Å²) in [5, 5.41) is 17.0. The van der Waals surface area contributed by atoms with Crippen molar-refractivity contribution in [3.63, 3.8) is 0 Å². The fourth-order valence-corrected chi connectivity index (χ4v) is 13.5. The van der Waals surface area contributed by atoms with Gasteiger partial charge in [-0.25, -0.2) is 0 Å². The van der Waals surface area contributed by atoms with E-state index in [2.05, 4.69) is 143 Å². The van der Waals surface area contributed by atoms with Crippen LogP contribution >= 0.6 is 63.7 Å². The highest BCUT2D eigenvalue weighted by Gasteiger charge is 2.53. The minimum atomic E-state index is -1.46. The molecule has 71 heavy (non-hydrogen) atoms. The second kappa shape index (κ2) is 16.2. The van der Waals surface area contributed by atoms with Crippen LogP contribution in [0.15, 0.2) is 227 Å². The summed E-state index contributed by atoms with van der Waals surface area (Å²) >= 11 is 15.1. The number of hydrogen-bond acceptors (Lipinski definition) is 5. The Balaban J connectivity index is 0.000000133. The van der Waals surface area contributed by atoms with Crippen LogP contribution in [0.3, 0.4) is 0 Å². The summed E-state index contributed by atoms with van der Waals surface area (Å²) in [4.78, 5) is 0. The number of ether oxygens (including phenoxy) is 2. The van der Waals surface area contributed by atoms with E-state index in [1.165, 1.54) is 16.7 Å². The van der Waals surface area contributed by atoms with Gasteiger partial charge in [0.2, 0.25) is 0 Å². The molecule has 0 radical (unpaired) electrons. The van der Waals surface area contributed by atoms with Crippen molar-refractivity contribution >= 4 is 108 Å². The van der Waals surface area contributed by atoms with Crippen LogP contribution in [-0.2, 0) is 11.0 Å². The lowest BCUT2D eigenvalue weighted by molar-refractivity contribution is 0.128. The normalized spacial score (nSPS) is 15.4. The fourth-order valence-electron chi connectivity index (χ4n) is 11.5. The van der Waals surface area contributed by atoms with Gasteiger partial charge in [0.15, 0.2) is 0 Å². The van der Waals surface area contributed by atoms with Crippen LogP contribution in [0, 0.1) is 0 Å². The molecule has 0 saturated heterocycles. The van der Waals surface area contributed by atoms with Crippen LogP contribution in [0.5, 0.6) is 23.0 Å². The lowest BCUT2D eigenvalue weighted by Gasteiger charge is -2.39. The van der Waals surface area contributed by atoms with Crippen molar-refractivity contribution in [1.29, 1.82) is 0 Å². The van der Waals surface area contributed by atoms with E-state index in [9.17, 15) is 5.11 Å². The molecule has 10 aromatic carbocycles. The summed E-state index contributed by atoms with van der Waals surface area (Å²) in [6.45, 7) is 0. The maximum absolute atomic E-state index is 12.7. The average molecular weight is 1180 g/mol. The summed E-state index contributed by atoms with van der Waals surface area (Å²) in [7, 11) is 0. The zero-order valence-electron chi connectivity index (χ0n) is 37.1. The Kier molecular flexibility index (Phi) is 9.80. The van der Waals surface area contributed by atoms with E-state index in [-0.39, 0.29) is 0 Å². The maximum atomic E-state index is 12.7. The Morgan fingerprint density at radius 3 is 1.51 bits per heavy atom. The van der Waals surface area contributed by atoms with Crippen LogP contribution in [0.1, 0.15) is 38.9 Å². The molecule has 1 spiro atoms. The second-order valence-corrected chi connectivity index (χ2v) is 21.6. The summed E-state index contributed by atoms with van der Waals surface area (Å²) < 4.78 is 29.6. The van der Waals surface area contributed by atoms with Crippen LogP contribution in [0.25, 0.3) is 66.1 Å². The van der Waals surface area contributed by atoms with E-state index in [0.29, 0.717) is 17.1 Å². The Morgan fingerprint density at radius 2 is 0.887 bits per heavy atom. The number of furan rings is 2. The van der Waals surface area contributed by atoms with Crippen molar-refractivity contribution in [2.24, 2.45) is 0 Å². The average Bonchev–Trinajstić information content (AvgIpc) is 4.12. The molecule has 340 valence electrons. The van der Waals surface area contributed by atoms with E-state index in [1.807, 2.05) is 121 Å². The van der Waals surface area contributed by atoms with Gasteiger partial charge in [0.1, 0.15) is 50.9 Å². The minimum Gasteiger partial charge on any atom is -0.457 e. The van der Waals surface area contributed by atoms with Gasteiger partial charge in [0.05, 0.1) is 5.41 Å². The quantitative estimate of drug-likeness (QED) is 0.191. The highest BCUT2D eigenvalue weighted by Crippen LogP contribution is 2.65. The van der Waals surface area contributed by atoms with Gasteiger partial charge in [-0.15, -0.1) is 0 Å². The SMILES string of the molecule is Brc1ccc2c(c1)C1(c3ccccc3Oc3ccccc31)c1cc(Br)c3c(oc4ccccc43)c1-2.OC1(c2ccccc2Oc2ccccc2)c2cc(Br)ccc2-c2c1cc(Br)c1c2oc2ccccc21. The monoisotopic (exact) mass is 1170 g/mol. The zero-order valence-corrected chi connectivity index (χ0v) is 43.5. The Bertz CT molecular complexity index is 4170. The number of aliphatic hydroxyl groups is 1. The zero-order chi connectivity index (χ0) is 47.8. The van der Waals surface area contributed by atoms with Crippen molar-refractivity contribution in [3.05, 3.63) is 257 Å². The second-order valence-electron chi connectivity index (χ2n) is 18.0. The molecule has 0 fully saturated rings. The van der Waals surface area contributed by atoms with Crippen LogP contribution in [-0.4, -0.2) is 5.11 Å². The first-order chi connectivity index (χ1) is 34.7. The van der Waals surface area contributed by atoms with Crippen molar-refractivity contribution < 1.29 is 23.4 Å². The first-order valence-electron chi connectivity index (χ1n) is 23.0. The van der Waals surface area contributed by atoms with Gasteiger partial charge in [-0.2, -0.15) is 0 Å². The molecule has 12 aromatic rings. The maximum Gasteiger partial charge on any atom is 0.145 e. The molecular formula is C62H34Br4O5. The molecular weight excluding hydrogens is 1140 g/mol. The molecule has 0 saturated carbocycles. The molecule has 1 aliphatic heterocycles. The van der Waals surface area contributed by atoms with Gasteiger partial charge in [-0.1, -0.05) is 169 Å². The molecule has 0 bridgehead atoms. The number of fused-ring (bicyclic) bond motifs is 20. The summed E-state index contributed by atoms with van der Waals surface area (Å²) in [6, 6.07) is 67.3. The van der Waals surface area contributed by atoms with Crippen LogP contribution in [0.2, 0.25) is 0 Å². The van der Waals surface area contributed by atoms with Crippen LogP contribution in [0.4, 0.5) is 0 Å². The number of hydrogen-bond donors (Lipinski definition) is 1. The molecule has 2 aromatic heterocycles. The summed E-state index contributed by atoms with van der Waals surface area (Å²) in [5.74, 6) is 3.05. The standard InChI is InChI=1S/C31H18Br2O3.C31H16Br2O2/c32-18-14-15-20-23(16-18)31(34,22-11-5-7-13-27(22)35-19-8-2-1-3-9-19)24-17-25(33)29-21-10-4-6-12-26(21)36-30(29)28(20)24;32-17-13-14-18-22(15-17)31(20-8-2-5-11-26(20)34-27-12-6-3-9-21(27)31)23-16-24(33)29-19-7-1-4-10-25(19)35-30(29)28(18)23/h1-17,34H;1-16H. The largest absolute Gasteiger partial charge is 0.457 e. The molecule has 15 rings (SSSR count). The number of benzene rings is 10. The first kappa shape index (κ1) is 43.1. The topological polar surface area (TPSA) is 65.0 Å². The van der Waals surface area contributed by atoms with E-state index < -0.39 is 11.0 Å². The molecule has 3 heterocycles. The molecule has 2 aliphatic carbocycles. The Morgan fingerprint density at radius 1 is 0.408 bits per heavy atom. The third kappa shape index (κ3) is 6.17. The summed E-state index contributed by atoms with van der Waals surface area (Å²) in [6.07, 6.45) is 0. The van der Waals surface area contributed by atoms with E-state index in [1.54, 1.807) is 0 Å². The smallest absolute Gasteiger partial charge is 0.145 e. The number of rotatable bonds is 3. The predicted molar refractivity (Wildman–Crippen MR) is 296 cm³/mol. The van der Waals surface area contributed by atoms with Gasteiger partial charge in [0, 0.05) is 78.4 Å². The Hall–Kier alpha value is -6.72. The van der Waals surface area contributed by atoms with E-state index in [4.69, 9.17) is 18.3 Å². The lowest BCUT2D eigenvalue weighted by atomic mass is 9.66. The molecule has 1 N–H and O–H groups in total. The fraction of sp³-hybridized carbons (Fsp3) is 0.0323. The van der Waals surface area contributed by atoms with Crippen molar-refractivity contribution in [3.8, 4) is 45.3 Å². The number of para-hydroxylation sites is 6. The van der Waals surface area contributed by atoms with Crippen molar-refractivity contribution in [2.45, 2.75) is 11.0 Å². The molecule has 1 atom stereocenters. The lowest BCUT2D eigenvalue weighted by Crippen LogP contribution is -2.32. The Labute approximate surface area is 440 Å². The van der Waals surface area contributed by atoms with Gasteiger partial charge in [0.25, 0.3) is 0 Å². The van der Waals surface area contributed by atoms with Crippen LogP contribution < -0.4 is 9.47 Å². The molecule has 1 unspecified atom stereocenters. The van der Waals surface area contributed by atoms with Gasteiger partial charge in [-0.05, 0) is 117 Å². The van der Waals surface area contributed by atoms with Crippen molar-refractivity contribution in [2.75, 3.05) is 0 Å². The van der Waals surface area contributed by atoms with E-state index >= 15 is 0 Å². The van der Waals surface area contributed by atoms with Gasteiger partial charge < -0.3 is 23.4 Å². The molecule has 9 heteroatoms. The highest BCUT2D eigenvalue weighted by atomic mass is 79.9. The molecule has 0 amide bonds. The predicted octanol–water partition coefficient (Wildman–Crippen LogP) is 18.7. The summed E-state index contributed by atoms with van der Waals surface area (Å²) in [5.41, 5.74) is 12.4. The molecule has 3 aliphatic rings. The third-order valence-electron chi connectivity index (χ3n) is 14.3. The third-order valence-corrected chi connectivity index (χ3v) is 16.6. The number of halogens is 4. The first-order valence-corrected chi connectivity index (χ1v) is 26.2. The van der Waals surface area contributed by atoms with E-state index in [0.717, 1.165) is 112 Å². The van der Waals surface area contributed by atoms with Crippen molar-refractivity contribution in [1.82, 2.24) is 0 Å². The van der Waals surface area contributed by atoms with Gasteiger partial charge >= 0.3 is 0 Å². The highest BCUT2D eigenvalue weighted by molar-refractivity contribution is 9.11. The minimum absolute atomic E-state index is 0.532. The molecule has 5 nitrogen and oxygen atoms in total. The van der Waals surface area contributed by atoms with Gasteiger partial charge in [-0.3, -0.25) is 0 Å².